The number of benzene rings is 2. The molecule has 8 nitrogen and oxygen atoms in total. The molecule has 2 aromatic carbocycles. The van der Waals surface area contributed by atoms with Crippen molar-refractivity contribution in [2.45, 2.75) is 26.6 Å². The molecule has 2 heterocycles. The number of imide groups is 2. The third-order valence-corrected chi connectivity index (χ3v) is 8.54. The van der Waals surface area contributed by atoms with E-state index in [9.17, 15) is 45.5 Å². The van der Waals surface area contributed by atoms with Gasteiger partial charge in [0.05, 0.1) is 35.0 Å². The van der Waals surface area contributed by atoms with Crippen molar-refractivity contribution < 1.29 is 55.0 Å². The van der Waals surface area contributed by atoms with Crippen molar-refractivity contribution in [3.63, 3.8) is 0 Å². The lowest BCUT2D eigenvalue weighted by molar-refractivity contribution is -0.275. The van der Waals surface area contributed by atoms with E-state index in [1.54, 1.807) is 19.9 Å². The second kappa shape index (κ2) is 8.82. The fourth-order valence-electron chi connectivity index (χ4n) is 7.27. The number of ether oxygens (including phenoxy) is 2. The van der Waals surface area contributed by atoms with Crippen molar-refractivity contribution in [3.8, 4) is 11.5 Å². The molecule has 14 heteroatoms. The molecule has 2 bridgehead atoms. The first kappa shape index (κ1) is 27.8. The quantitative estimate of drug-likeness (QED) is 0.282. The zero-order valence-corrected chi connectivity index (χ0v) is 21.7. The molecule has 5 aliphatic rings. The number of amides is 4. The lowest BCUT2D eigenvalue weighted by Crippen LogP contribution is -2.57. The summed E-state index contributed by atoms with van der Waals surface area (Å²) in [5.41, 5.74) is -0.621. The molecule has 4 unspecified atom stereocenters. The maximum absolute atomic E-state index is 13.8. The summed E-state index contributed by atoms with van der Waals surface area (Å²) < 4.78 is 83.2. The van der Waals surface area contributed by atoms with Crippen molar-refractivity contribution in [1.29, 1.82) is 0 Å². The number of nitrogens with zero attached hydrogens (tertiary/aromatic N) is 2. The summed E-state index contributed by atoms with van der Waals surface area (Å²) in [5, 5.41) is 0. The molecule has 1 saturated carbocycles. The van der Waals surface area contributed by atoms with Crippen molar-refractivity contribution in [2.24, 2.45) is 35.0 Å². The maximum Gasteiger partial charge on any atom is 0.573 e. The summed E-state index contributed by atoms with van der Waals surface area (Å²) in [7, 11) is 0. The number of hydrogen-bond donors (Lipinski definition) is 0. The molecule has 2 saturated heterocycles. The van der Waals surface area contributed by atoms with Crippen LogP contribution in [0.4, 0.5) is 37.7 Å². The molecule has 220 valence electrons. The van der Waals surface area contributed by atoms with E-state index in [4.69, 9.17) is 0 Å². The number of halogens is 6. The molecule has 0 radical (unpaired) electrons. The summed E-state index contributed by atoms with van der Waals surface area (Å²) >= 11 is 0. The molecule has 0 N–H and O–H groups in total. The van der Waals surface area contributed by atoms with Gasteiger partial charge in [0, 0.05) is 11.3 Å². The third-order valence-electron chi connectivity index (χ3n) is 8.54. The highest BCUT2D eigenvalue weighted by Gasteiger charge is 2.74. The highest BCUT2D eigenvalue weighted by atomic mass is 19.4. The van der Waals surface area contributed by atoms with Crippen molar-refractivity contribution in [1.82, 2.24) is 0 Å². The number of alkyl halides is 6. The fraction of sp³-hybridized carbons (Fsp3) is 0.357. The summed E-state index contributed by atoms with van der Waals surface area (Å²) in [5.74, 6) is -8.63. The van der Waals surface area contributed by atoms with E-state index in [2.05, 4.69) is 9.47 Å². The minimum atomic E-state index is -4.93. The Morgan fingerprint density at radius 1 is 0.619 bits per heavy atom. The first-order valence-electron chi connectivity index (χ1n) is 12.7. The highest BCUT2D eigenvalue weighted by Crippen LogP contribution is 2.66. The molecular formula is C28H20F6N2O6. The third kappa shape index (κ3) is 4.06. The Morgan fingerprint density at radius 3 is 1.31 bits per heavy atom. The van der Waals surface area contributed by atoms with Crippen LogP contribution >= 0.6 is 0 Å². The Labute approximate surface area is 233 Å². The monoisotopic (exact) mass is 594 g/mol. The largest absolute Gasteiger partial charge is 0.573 e. The van der Waals surface area contributed by atoms with Crippen molar-refractivity contribution in [2.75, 3.05) is 9.80 Å². The maximum atomic E-state index is 13.8. The predicted octanol–water partition coefficient (Wildman–Crippen LogP) is 4.99. The molecule has 3 aliphatic carbocycles. The lowest BCUT2D eigenvalue weighted by Gasteiger charge is -2.53. The van der Waals surface area contributed by atoms with Crippen LogP contribution in [0.5, 0.6) is 11.5 Å². The number of carbonyl (C=O) groups excluding carboxylic acids is 4. The molecule has 0 aromatic heterocycles. The molecule has 0 spiro atoms. The van der Waals surface area contributed by atoms with E-state index in [0.717, 1.165) is 58.3 Å². The van der Waals surface area contributed by atoms with E-state index in [0.29, 0.717) is 5.57 Å². The summed E-state index contributed by atoms with van der Waals surface area (Å²) in [6, 6.07) is 8.44. The van der Waals surface area contributed by atoms with Crippen LogP contribution in [0.2, 0.25) is 0 Å². The van der Waals surface area contributed by atoms with Gasteiger partial charge in [0.15, 0.2) is 0 Å². The van der Waals surface area contributed by atoms with E-state index >= 15 is 0 Å². The highest BCUT2D eigenvalue weighted by molar-refractivity contribution is 6.26. The Kier molecular flexibility index (Phi) is 5.84. The number of anilines is 2. The van der Waals surface area contributed by atoms with Gasteiger partial charge < -0.3 is 9.47 Å². The zero-order chi connectivity index (χ0) is 30.5. The molecule has 4 atom stereocenters. The molecule has 42 heavy (non-hydrogen) atoms. The summed E-state index contributed by atoms with van der Waals surface area (Å²) in [6.45, 7) is 3.31. The van der Waals surface area contributed by atoms with Crippen LogP contribution in [0.15, 0.2) is 60.2 Å². The minimum absolute atomic E-state index is 0.0141. The fourth-order valence-corrected chi connectivity index (χ4v) is 7.27. The van der Waals surface area contributed by atoms with Gasteiger partial charge in [-0.05, 0) is 55.5 Å². The molecule has 2 aromatic rings. The number of allylic oxidation sites excluding steroid dienone is 2. The smallest absolute Gasteiger partial charge is 0.406 e. The van der Waals surface area contributed by atoms with Crippen molar-refractivity contribution in [3.05, 3.63) is 60.2 Å². The van der Waals surface area contributed by atoms with Gasteiger partial charge in [-0.3, -0.25) is 29.0 Å². The van der Waals surface area contributed by atoms with Crippen LogP contribution in [0.25, 0.3) is 0 Å². The van der Waals surface area contributed by atoms with Gasteiger partial charge in [-0.25, -0.2) is 0 Å². The number of rotatable bonds is 4. The van der Waals surface area contributed by atoms with E-state index in [-0.39, 0.29) is 11.4 Å². The van der Waals surface area contributed by atoms with E-state index in [1.165, 1.54) is 0 Å². The van der Waals surface area contributed by atoms with Gasteiger partial charge in [0.2, 0.25) is 23.6 Å². The van der Waals surface area contributed by atoms with Gasteiger partial charge in [0.25, 0.3) is 0 Å². The van der Waals surface area contributed by atoms with Gasteiger partial charge in [-0.15, -0.1) is 26.3 Å². The van der Waals surface area contributed by atoms with E-state index < -0.39 is 82.9 Å². The average molecular weight is 594 g/mol. The minimum Gasteiger partial charge on any atom is -0.406 e. The standard InChI is InChI=1S/C28H20F6N2O6/c1-12-11-26(2)20-18(22(37)35(24(20)39)13-3-7-15(8-4-13)41-27(29,30)31)17(12)19-21(26)25(40)36(23(19)38)14-5-9-16(10-6-14)42-28(32,33)34/h3-11,17-21H,1-2H3. The second-order valence-corrected chi connectivity index (χ2v) is 10.9. The molecule has 7 rings (SSSR count). The topological polar surface area (TPSA) is 93.2 Å². The van der Waals surface area contributed by atoms with Gasteiger partial charge in [0.1, 0.15) is 11.5 Å². The normalized spacial score (nSPS) is 30.5. The van der Waals surface area contributed by atoms with Crippen molar-refractivity contribution >= 4 is 35.0 Å². The Bertz CT molecular complexity index is 1440. The predicted molar refractivity (Wildman–Crippen MR) is 131 cm³/mol. The summed E-state index contributed by atoms with van der Waals surface area (Å²) in [4.78, 5) is 56.9. The van der Waals surface area contributed by atoms with Gasteiger partial charge in [-0.1, -0.05) is 18.6 Å². The molecule has 3 fully saturated rings. The SMILES string of the molecule is CC1=CC2(C)C3C(=O)N(c4ccc(OC(F)(F)F)cc4)C(=O)C3C1C1C(=O)N(c3ccc(OC(F)(F)F)cc3)C(=O)C12. The van der Waals surface area contributed by atoms with Crippen LogP contribution in [-0.4, -0.2) is 36.4 Å². The van der Waals surface area contributed by atoms with Crippen LogP contribution in [0.1, 0.15) is 13.8 Å². The van der Waals surface area contributed by atoms with Gasteiger partial charge >= 0.3 is 12.7 Å². The average Bonchev–Trinajstić information content (AvgIpc) is 3.30. The van der Waals surface area contributed by atoms with Crippen LogP contribution in [0.3, 0.4) is 0 Å². The molecule has 2 aliphatic heterocycles. The Morgan fingerprint density at radius 2 is 0.976 bits per heavy atom. The lowest BCUT2D eigenvalue weighted by atomic mass is 9.46. The first-order chi connectivity index (χ1) is 19.5. The molecular weight excluding hydrogens is 574 g/mol. The first-order valence-corrected chi connectivity index (χ1v) is 12.7. The Balaban J connectivity index is 1.33. The number of hydrogen-bond acceptors (Lipinski definition) is 6. The summed E-state index contributed by atoms with van der Waals surface area (Å²) in [6.07, 6.45) is -8.14. The second-order valence-electron chi connectivity index (χ2n) is 10.9. The van der Waals surface area contributed by atoms with Crippen LogP contribution in [0, 0.1) is 35.0 Å². The molecule has 4 amide bonds. The van der Waals surface area contributed by atoms with Gasteiger partial charge in [-0.2, -0.15) is 0 Å². The van der Waals surface area contributed by atoms with E-state index in [1.807, 2.05) is 0 Å². The Hall–Kier alpha value is -4.36. The van der Waals surface area contributed by atoms with Crippen LogP contribution < -0.4 is 19.3 Å². The number of carbonyl (C=O) groups is 4. The zero-order valence-electron chi connectivity index (χ0n) is 21.7. The van der Waals surface area contributed by atoms with Crippen LogP contribution in [-0.2, 0) is 19.2 Å².